The molecule has 0 aliphatic carbocycles. The van der Waals surface area contributed by atoms with Gasteiger partial charge in [0.15, 0.2) is 0 Å². The molecule has 1 fully saturated rings. The van der Waals surface area contributed by atoms with E-state index in [1.54, 1.807) is 28.5 Å². The van der Waals surface area contributed by atoms with Crippen LogP contribution in [0.15, 0.2) is 46.0 Å². The fourth-order valence-corrected chi connectivity index (χ4v) is 5.68. The Labute approximate surface area is 194 Å². The highest BCUT2D eigenvalue weighted by Gasteiger charge is 2.30. The third-order valence-electron chi connectivity index (χ3n) is 5.93. The Kier molecular flexibility index (Phi) is 8.44. The van der Waals surface area contributed by atoms with E-state index < -0.39 is 10.0 Å². The Morgan fingerprint density at radius 3 is 2.38 bits per heavy atom. The third-order valence-corrected chi connectivity index (χ3v) is 8.52. The first-order valence-electron chi connectivity index (χ1n) is 11.0. The number of benzene rings is 1. The van der Waals surface area contributed by atoms with Gasteiger partial charge in [0.1, 0.15) is 0 Å². The summed E-state index contributed by atoms with van der Waals surface area (Å²) in [5, 5.41) is 6.45. The Hall–Kier alpha value is -2.23. The SMILES string of the molecule is CCC(C)c1ccc(S(=O)(=O)N2CCN(C(=O)CCCNC(=O)c3ccsc3)CC2)cc1. The first-order valence-corrected chi connectivity index (χ1v) is 13.4. The lowest BCUT2D eigenvalue weighted by molar-refractivity contribution is -0.132. The number of hydrogen-bond acceptors (Lipinski definition) is 5. The number of piperazine rings is 1. The van der Waals surface area contributed by atoms with Gasteiger partial charge in [-0.2, -0.15) is 15.6 Å². The van der Waals surface area contributed by atoms with Crippen molar-refractivity contribution in [3.63, 3.8) is 0 Å². The molecule has 32 heavy (non-hydrogen) atoms. The summed E-state index contributed by atoms with van der Waals surface area (Å²) in [7, 11) is -3.56. The molecule has 9 heteroatoms. The van der Waals surface area contributed by atoms with Crippen LogP contribution < -0.4 is 5.32 Å². The fraction of sp³-hybridized carbons (Fsp3) is 0.478. The molecule has 1 saturated heterocycles. The van der Waals surface area contributed by atoms with Crippen molar-refractivity contribution in [2.45, 2.75) is 43.9 Å². The summed E-state index contributed by atoms with van der Waals surface area (Å²) in [6, 6.07) is 8.90. The summed E-state index contributed by atoms with van der Waals surface area (Å²) < 4.78 is 27.4. The molecular formula is C23H31N3O4S2. The highest BCUT2D eigenvalue weighted by Crippen LogP contribution is 2.23. The van der Waals surface area contributed by atoms with Gasteiger partial charge in [-0.3, -0.25) is 9.59 Å². The Morgan fingerprint density at radius 1 is 1.09 bits per heavy atom. The van der Waals surface area contributed by atoms with E-state index in [1.807, 2.05) is 17.5 Å². The van der Waals surface area contributed by atoms with Gasteiger partial charge in [0.25, 0.3) is 5.91 Å². The maximum absolute atomic E-state index is 13.0. The number of nitrogens with one attached hydrogen (secondary N) is 1. The second kappa shape index (κ2) is 11.1. The Bertz CT molecular complexity index is 996. The van der Waals surface area contributed by atoms with Gasteiger partial charge < -0.3 is 10.2 Å². The second-order valence-corrected chi connectivity index (χ2v) is 10.8. The topological polar surface area (TPSA) is 86.8 Å². The highest BCUT2D eigenvalue weighted by atomic mass is 32.2. The van der Waals surface area contributed by atoms with Crippen LogP contribution in [0.1, 0.15) is 54.9 Å². The van der Waals surface area contributed by atoms with E-state index in [2.05, 4.69) is 19.2 Å². The van der Waals surface area contributed by atoms with Crippen molar-refractivity contribution in [3.8, 4) is 0 Å². The number of rotatable bonds is 9. The minimum absolute atomic E-state index is 0.00950. The van der Waals surface area contributed by atoms with E-state index in [0.29, 0.717) is 48.9 Å². The predicted octanol–water partition coefficient (Wildman–Crippen LogP) is 3.30. The molecule has 1 aliphatic rings. The zero-order valence-electron chi connectivity index (χ0n) is 18.6. The molecule has 2 heterocycles. The van der Waals surface area contributed by atoms with Crippen LogP contribution in [0.2, 0.25) is 0 Å². The predicted molar refractivity (Wildman–Crippen MR) is 126 cm³/mol. The molecule has 1 atom stereocenters. The fourth-order valence-electron chi connectivity index (χ4n) is 3.63. The first kappa shape index (κ1) is 24.4. The van der Waals surface area contributed by atoms with Gasteiger partial charge in [0.2, 0.25) is 15.9 Å². The molecule has 2 aromatic rings. The molecule has 1 N–H and O–H groups in total. The van der Waals surface area contributed by atoms with Gasteiger partial charge >= 0.3 is 0 Å². The molecule has 0 saturated carbocycles. The molecule has 0 spiro atoms. The summed E-state index contributed by atoms with van der Waals surface area (Å²) >= 11 is 1.47. The number of thiophene rings is 1. The van der Waals surface area contributed by atoms with E-state index >= 15 is 0 Å². The molecule has 0 bridgehead atoms. The lowest BCUT2D eigenvalue weighted by atomic mass is 9.99. The Balaban J connectivity index is 1.44. The molecule has 7 nitrogen and oxygen atoms in total. The minimum atomic E-state index is -3.56. The molecule has 1 aromatic heterocycles. The maximum Gasteiger partial charge on any atom is 0.252 e. The summed E-state index contributed by atoms with van der Waals surface area (Å²) in [6.45, 7) is 6.00. The zero-order valence-corrected chi connectivity index (χ0v) is 20.3. The number of carbonyl (C=O) groups is 2. The van der Waals surface area contributed by atoms with Crippen molar-refractivity contribution in [1.29, 1.82) is 0 Å². The van der Waals surface area contributed by atoms with Crippen LogP contribution in [0, 0.1) is 0 Å². The molecular weight excluding hydrogens is 446 g/mol. The zero-order chi connectivity index (χ0) is 23.1. The van der Waals surface area contributed by atoms with E-state index in [0.717, 1.165) is 12.0 Å². The van der Waals surface area contributed by atoms with Crippen LogP contribution in [0.3, 0.4) is 0 Å². The number of sulfonamides is 1. The molecule has 0 radical (unpaired) electrons. The largest absolute Gasteiger partial charge is 0.352 e. The summed E-state index contributed by atoms with van der Waals surface area (Å²) in [6.07, 6.45) is 1.88. The standard InChI is InChI=1S/C23H31N3O4S2/c1-3-18(2)19-6-8-21(9-7-19)32(29,30)26-14-12-25(13-15-26)22(27)5-4-11-24-23(28)20-10-16-31-17-20/h6-10,16-18H,3-5,11-15H2,1-2H3,(H,24,28). The number of amides is 2. The quantitative estimate of drug-likeness (QED) is 0.562. The van der Waals surface area contributed by atoms with Gasteiger partial charge in [-0.05, 0) is 47.9 Å². The van der Waals surface area contributed by atoms with Crippen molar-refractivity contribution in [3.05, 3.63) is 52.2 Å². The van der Waals surface area contributed by atoms with Gasteiger partial charge in [0, 0.05) is 50.1 Å². The van der Waals surface area contributed by atoms with Crippen LogP contribution in [0.5, 0.6) is 0 Å². The molecule has 2 amide bonds. The van der Waals surface area contributed by atoms with E-state index in [9.17, 15) is 18.0 Å². The van der Waals surface area contributed by atoms with Gasteiger partial charge in [0.05, 0.1) is 4.90 Å². The third kappa shape index (κ3) is 5.96. The highest BCUT2D eigenvalue weighted by molar-refractivity contribution is 7.89. The first-order chi connectivity index (χ1) is 15.3. The van der Waals surface area contributed by atoms with Crippen molar-refractivity contribution in [2.75, 3.05) is 32.7 Å². The summed E-state index contributed by atoms with van der Waals surface area (Å²) in [5.41, 5.74) is 1.77. The van der Waals surface area contributed by atoms with E-state index in [1.165, 1.54) is 15.6 Å². The van der Waals surface area contributed by atoms with Crippen LogP contribution in [-0.4, -0.2) is 62.2 Å². The second-order valence-electron chi connectivity index (χ2n) is 8.03. The van der Waals surface area contributed by atoms with Crippen molar-refractivity contribution in [2.24, 2.45) is 0 Å². The van der Waals surface area contributed by atoms with Crippen LogP contribution >= 0.6 is 11.3 Å². The average Bonchev–Trinajstić information content (AvgIpc) is 3.36. The number of carbonyl (C=O) groups excluding carboxylic acids is 2. The lowest BCUT2D eigenvalue weighted by Crippen LogP contribution is -2.50. The molecule has 3 rings (SSSR count). The van der Waals surface area contributed by atoms with Gasteiger partial charge in [-0.25, -0.2) is 8.42 Å². The molecule has 1 aliphatic heterocycles. The van der Waals surface area contributed by atoms with Crippen molar-refractivity contribution >= 4 is 33.2 Å². The van der Waals surface area contributed by atoms with Crippen molar-refractivity contribution in [1.82, 2.24) is 14.5 Å². The summed E-state index contributed by atoms with van der Waals surface area (Å²) in [4.78, 5) is 26.4. The van der Waals surface area contributed by atoms with Crippen LogP contribution in [0.4, 0.5) is 0 Å². The minimum Gasteiger partial charge on any atom is -0.352 e. The smallest absolute Gasteiger partial charge is 0.252 e. The maximum atomic E-state index is 13.0. The van der Waals surface area contributed by atoms with Gasteiger partial charge in [-0.1, -0.05) is 26.0 Å². The molecule has 1 aromatic carbocycles. The molecule has 174 valence electrons. The number of nitrogens with zero attached hydrogens (tertiary/aromatic N) is 2. The molecule has 1 unspecified atom stereocenters. The average molecular weight is 478 g/mol. The van der Waals surface area contributed by atoms with Crippen LogP contribution in [-0.2, 0) is 14.8 Å². The van der Waals surface area contributed by atoms with E-state index in [4.69, 9.17) is 0 Å². The van der Waals surface area contributed by atoms with Crippen LogP contribution in [0.25, 0.3) is 0 Å². The lowest BCUT2D eigenvalue weighted by Gasteiger charge is -2.34. The van der Waals surface area contributed by atoms with Crippen molar-refractivity contribution < 1.29 is 18.0 Å². The summed E-state index contributed by atoms with van der Waals surface area (Å²) in [5.74, 6) is 0.254. The normalized spacial score (nSPS) is 16.0. The monoisotopic (exact) mass is 477 g/mol. The van der Waals surface area contributed by atoms with E-state index in [-0.39, 0.29) is 24.9 Å². The number of hydrogen-bond donors (Lipinski definition) is 1. The van der Waals surface area contributed by atoms with Gasteiger partial charge in [-0.15, -0.1) is 0 Å². The Morgan fingerprint density at radius 2 is 1.78 bits per heavy atom.